The average molecular weight is 361 g/mol. The fourth-order valence-corrected chi connectivity index (χ4v) is 2.13. The Balaban J connectivity index is 2.37. The van der Waals surface area contributed by atoms with Gasteiger partial charge in [0.1, 0.15) is 5.75 Å². The highest BCUT2D eigenvalue weighted by Crippen LogP contribution is 2.32. The maximum Gasteiger partial charge on any atom is 0.180 e. The van der Waals surface area contributed by atoms with E-state index >= 15 is 0 Å². The second-order valence-electron chi connectivity index (χ2n) is 3.67. The highest BCUT2D eigenvalue weighted by Gasteiger charge is 2.15. The van der Waals surface area contributed by atoms with Gasteiger partial charge in [-0.2, -0.15) is 0 Å². The molecule has 0 saturated heterocycles. The number of hydrogen-bond acceptors (Lipinski definition) is 4. The zero-order chi connectivity index (χ0) is 14.7. The number of pyridine rings is 1. The Kier molecular flexibility index (Phi) is 4.41. The molecule has 1 aromatic heterocycles. The van der Waals surface area contributed by atoms with Crippen LogP contribution in [-0.2, 0) is 0 Å². The molecule has 2 aromatic rings. The van der Waals surface area contributed by atoms with Crippen molar-refractivity contribution < 1.29 is 14.3 Å². The number of nitrogens with zero attached hydrogens (tertiary/aromatic N) is 2. The van der Waals surface area contributed by atoms with Crippen molar-refractivity contribution in [3.8, 4) is 11.5 Å². The molecule has 0 aliphatic heterocycles. The summed E-state index contributed by atoms with van der Waals surface area (Å²) >= 11 is 8.79. The third kappa shape index (κ3) is 3.00. The van der Waals surface area contributed by atoms with Crippen LogP contribution in [-0.4, -0.2) is 16.0 Å². The van der Waals surface area contributed by atoms with E-state index in [0.717, 1.165) is 0 Å². The van der Waals surface area contributed by atoms with Crippen LogP contribution in [0.15, 0.2) is 40.2 Å². The van der Waals surface area contributed by atoms with Crippen molar-refractivity contribution in [2.75, 3.05) is 0 Å². The smallest absolute Gasteiger partial charge is 0.180 e. The molecule has 0 bridgehead atoms. The minimum Gasteiger partial charge on any atom is -0.453 e. The molecule has 20 heavy (non-hydrogen) atoms. The first kappa shape index (κ1) is 14.5. The van der Waals surface area contributed by atoms with Gasteiger partial charge in [-0.05, 0) is 28.1 Å². The van der Waals surface area contributed by atoms with Crippen LogP contribution in [0.4, 0.5) is 4.39 Å². The van der Waals surface area contributed by atoms with Crippen LogP contribution in [0.3, 0.4) is 0 Å². The van der Waals surface area contributed by atoms with Crippen molar-refractivity contribution in [2.24, 2.45) is 10.9 Å². The van der Waals surface area contributed by atoms with E-state index in [1.165, 1.54) is 30.6 Å². The standard InChI is InChI=1S/C12H8BrClFN3O2/c13-10-8(12(16)18-19)1-2-9(11(10)15)20-7-3-6(14)4-17-5-7/h1-5,19H,(H2,16,18). The number of ether oxygens (including phenoxy) is 1. The first-order valence-electron chi connectivity index (χ1n) is 5.27. The van der Waals surface area contributed by atoms with Crippen LogP contribution in [0.2, 0.25) is 5.02 Å². The average Bonchev–Trinajstić information content (AvgIpc) is 2.43. The van der Waals surface area contributed by atoms with Crippen molar-refractivity contribution in [2.45, 2.75) is 0 Å². The Hall–Kier alpha value is -1.86. The molecule has 104 valence electrons. The minimum atomic E-state index is -0.686. The first-order valence-corrected chi connectivity index (χ1v) is 6.44. The molecule has 3 N–H and O–H groups in total. The topological polar surface area (TPSA) is 80.7 Å². The van der Waals surface area contributed by atoms with Gasteiger partial charge in [-0.3, -0.25) is 4.98 Å². The molecule has 0 unspecified atom stereocenters. The maximum atomic E-state index is 14.1. The van der Waals surface area contributed by atoms with Crippen molar-refractivity contribution >= 4 is 33.4 Å². The molecular weight excluding hydrogens is 353 g/mol. The van der Waals surface area contributed by atoms with Gasteiger partial charge in [0.2, 0.25) is 0 Å². The summed E-state index contributed by atoms with van der Waals surface area (Å²) in [6, 6.07) is 4.31. The summed E-state index contributed by atoms with van der Waals surface area (Å²) in [5, 5.41) is 11.8. The molecule has 2 rings (SSSR count). The molecule has 0 fully saturated rings. The molecule has 1 aromatic carbocycles. The molecule has 8 heteroatoms. The Morgan fingerprint density at radius 2 is 2.20 bits per heavy atom. The van der Waals surface area contributed by atoms with E-state index in [-0.39, 0.29) is 21.6 Å². The van der Waals surface area contributed by atoms with Gasteiger partial charge < -0.3 is 15.7 Å². The number of hydrogen-bond donors (Lipinski definition) is 2. The van der Waals surface area contributed by atoms with E-state index in [0.29, 0.717) is 10.8 Å². The summed E-state index contributed by atoms with van der Waals surface area (Å²) in [5.74, 6) is -0.656. The maximum absolute atomic E-state index is 14.1. The molecule has 0 radical (unpaired) electrons. The minimum absolute atomic E-state index is 0.0280. The van der Waals surface area contributed by atoms with Crippen LogP contribution < -0.4 is 10.5 Å². The van der Waals surface area contributed by atoms with Gasteiger partial charge in [0, 0.05) is 17.8 Å². The van der Waals surface area contributed by atoms with Crippen molar-refractivity contribution in [3.05, 3.63) is 51.5 Å². The second kappa shape index (κ2) is 6.06. The van der Waals surface area contributed by atoms with Crippen LogP contribution >= 0.6 is 27.5 Å². The Morgan fingerprint density at radius 1 is 1.45 bits per heavy atom. The lowest BCUT2D eigenvalue weighted by atomic mass is 10.2. The number of nitrogens with two attached hydrogens (primary N) is 1. The van der Waals surface area contributed by atoms with Crippen LogP contribution in [0, 0.1) is 5.82 Å². The van der Waals surface area contributed by atoms with Gasteiger partial charge in [0.25, 0.3) is 0 Å². The van der Waals surface area contributed by atoms with Crippen LogP contribution in [0.1, 0.15) is 5.56 Å². The van der Waals surface area contributed by atoms with Gasteiger partial charge in [0.15, 0.2) is 17.4 Å². The third-order valence-electron chi connectivity index (χ3n) is 2.34. The first-order chi connectivity index (χ1) is 9.52. The molecule has 0 atom stereocenters. The van der Waals surface area contributed by atoms with E-state index in [1.54, 1.807) is 0 Å². The highest BCUT2D eigenvalue weighted by molar-refractivity contribution is 9.10. The number of amidine groups is 1. The van der Waals surface area contributed by atoms with E-state index in [1.807, 2.05) is 0 Å². The summed E-state index contributed by atoms with van der Waals surface area (Å²) in [6.07, 6.45) is 2.83. The van der Waals surface area contributed by atoms with Gasteiger partial charge in [0.05, 0.1) is 15.7 Å². The molecule has 5 nitrogen and oxygen atoms in total. The number of rotatable bonds is 3. The molecule has 1 heterocycles. The third-order valence-corrected chi connectivity index (χ3v) is 3.32. The lowest BCUT2D eigenvalue weighted by Crippen LogP contribution is -2.14. The van der Waals surface area contributed by atoms with Gasteiger partial charge in [-0.25, -0.2) is 4.39 Å². The normalized spacial score (nSPS) is 11.4. The largest absolute Gasteiger partial charge is 0.453 e. The number of aromatic nitrogens is 1. The van der Waals surface area contributed by atoms with Crippen LogP contribution in [0.25, 0.3) is 0 Å². The summed E-state index contributed by atoms with van der Waals surface area (Å²) in [5.41, 5.74) is 5.63. The number of benzene rings is 1. The van der Waals surface area contributed by atoms with Gasteiger partial charge >= 0.3 is 0 Å². The quantitative estimate of drug-likeness (QED) is 0.380. The second-order valence-corrected chi connectivity index (χ2v) is 4.89. The monoisotopic (exact) mass is 359 g/mol. The fourth-order valence-electron chi connectivity index (χ4n) is 1.44. The molecular formula is C12H8BrClFN3O2. The highest BCUT2D eigenvalue weighted by atomic mass is 79.9. The van der Waals surface area contributed by atoms with E-state index in [2.05, 4.69) is 26.1 Å². The SMILES string of the molecule is N/C(=N/O)c1ccc(Oc2cncc(Cl)c2)c(F)c1Br. The molecule has 0 amide bonds. The Labute approximate surface area is 127 Å². The predicted molar refractivity (Wildman–Crippen MR) is 75.9 cm³/mol. The van der Waals surface area contributed by atoms with E-state index in [9.17, 15) is 4.39 Å². The van der Waals surface area contributed by atoms with Crippen molar-refractivity contribution in [1.29, 1.82) is 0 Å². The summed E-state index contributed by atoms with van der Waals surface area (Å²) < 4.78 is 19.5. The van der Waals surface area contributed by atoms with E-state index < -0.39 is 5.82 Å². The van der Waals surface area contributed by atoms with Gasteiger partial charge in [-0.15, -0.1) is 0 Å². The summed E-state index contributed by atoms with van der Waals surface area (Å²) in [7, 11) is 0. The lowest BCUT2D eigenvalue weighted by Gasteiger charge is -2.10. The van der Waals surface area contributed by atoms with Crippen molar-refractivity contribution in [3.63, 3.8) is 0 Å². The number of oxime groups is 1. The Morgan fingerprint density at radius 3 is 2.85 bits per heavy atom. The summed E-state index contributed by atoms with van der Waals surface area (Å²) in [6.45, 7) is 0. The van der Waals surface area contributed by atoms with E-state index in [4.69, 9.17) is 27.3 Å². The molecule has 0 aliphatic carbocycles. The zero-order valence-corrected chi connectivity index (χ0v) is 12.2. The Bertz CT molecular complexity index is 682. The van der Waals surface area contributed by atoms with Crippen LogP contribution in [0.5, 0.6) is 11.5 Å². The molecule has 0 saturated carbocycles. The predicted octanol–water partition coefficient (Wildman–Crippen LogP) is 3.52. The summed E-state index contributed by atoms with van der Waals surface area (Å²) in [4.78, 5) is 3.83. The molecule has 0 aliphatic rings. The lowest BCUT2D eigenvalue weighted by molar-refractivity contribution is 0.318. The van der Waals surface area contributed by atoms with Crippen molar-refractivity contribution in [1.82, 2.24) is 4.98 Å². The molecule has 0 spiro atoms. The number of halogens is 3. The van der Waals surface area contributed by atoms with Gasteiger partial charge in [-0.1, -0.05) is 16.8 Å². The fraction of sp³-hybridized carbons (Fsp3) is 0. The zero-order valence-electron chi connectivity index (χ0n) is 9.85.